The molecule has 1 amide bonds. The standard InChI is InChI=1S/C14H23NO3/c1-6-12-7-10(4)13(18-12)14(17)15(9(2)3)8-11(5)16/h7,9,11,16H,6,8H2,1-5H3. The van der Waals surface area contributed by atoms with Crippen LogP contribution >= 0.6 is 0 Å². The van der Waals surface area contributed by atoms with Crippen molar-refractivity contribution in [3.05, 3.63) is 23.2 Å². The maximum absolute atomic E-state index is 12.4. The lowest BCUT2D eigenvalue weighted by Crippen LogP contribution is -2.41. The number of hydrogen-bond acceptors (Lipinski definition) is 3. The maximum Gasteiger partial charge on any atom is 0.290 e. The molecule has 0 fully saturated rings. The molecule has 1 aromatic heterocycles. The Morgan fingerprint density at radius 1 is 1.44 bits per heavy atom. The number of carbonyl (C=O) groups is 1. The largest absolute Gasteiger partial charge is 0.456 e. The molecular formula is C14H23NO3. The highest BCUT2D eigenvalue weighted by Crippen LogP contribution is 2.18. The van der Waals surface area contributed by atoms with Gasteiger partial charge in [0.15, 0.2) is 5.76 Å². The number of aliphatic hydroxyl groups is 1. The average molecular weight is 253 g/mol. The van der Waals surface area contributed by atoms with E-state index in [2.05, 4.69) is 0 Å². The molecule has 18 heavy (non-hydrogen) atoms. The van der Waals surface area contributed by atoms with Crippen molar-refractivity contribution in [3.8, 4) is 0 Å². The summed E-state index contributed by atoms with van der Waals surface area (Å²) in [5.41, 5.74) is 0.855. The molecule has 0 saturated heterocycles. The highest BCUT2D eigenvalue weighted by atomic mass is 16.4. The first-order valence-electron chi connectivity index (χ1n) is 6.45. The fraction of sp³-hybridized carbons (Fsp3) is 0.643. The Bertz CT molecular complexity index is 407. The van der Waals surface area contributed by atoms with Crippen LogP contribution in [0.5, 0.6) is 0 Å². The number of hydrogen-bond donors (Lipinski definition) is 1. The Hall–Kier alpha value is -1.29. The van der Waals surface area contributed by atoms with Gasteiger partial charge in [-0.05, 0) is 33.8 Å². The normalized spacial score (nSPS) is 12.8. The highest BCUT2D eigenvalue weighted by molar-refractivity contribution is 5.93. The lowest BCUT2D eigenvalue weighted by molar-refractivity contribution is 0.0546. The molecule has 1 unspecified atom stereocenters. The molecule has 1 atom stereocenters. The van der Waals surface area contributed by atoms with E-state index in [4.69, 9.17) is 4.42 Å². The van der Waals surface area contributed by atoms with Crippen LogP contribution in [0.4, 0.5) is 0 Å². The van der Waals surface area contributed by atoms with Gasteiger partial charge < -0.3 is 14.4 Å². The summed E-state index contributed by atoms with van der Waals surface area (Å²) < 4.78 is 5.57. The molecular weight excluding hydrogens is 230 g/mol. The first-order chi connectivity index (χ1) is 8.36. The van der Waals surface area contributed by atoms with Gasteiger partial charge in [0, 0.05) is 24.6 Å². The molecule has 0 spiro atoms. The van der Waals surface area contributed by atoms with Crippen LogP contribution in [0.15, 0.2) is 10.5 Å². The fourth-order valence-electron chi connectivity index (χ4n) is 1.88. The number of amides is 1. The molecule has 102 valence electrons. The van der Waals surface area contributed by atoms with E-state index in [1.807, 2.05) is 33.8 Å². The van der Waals surface area contributed by atoms with Gasteiger partial charge in [0.1, 0.15) is 5.76 Å². The summed E-state index contributed by atoms with van der Waals surface area (Å²) in [4.78, 5) is 14.0. The second-order valence-corrected chi connectivity index (χ2v) is 4.98. The molecule has 0 aliphatic rings. The molecule has 4 heteroatoms. The van der Waals surface area contributed by atoms with Gasteiger partial charge in [-0.15, -0.1) is 0 Å². The Kier molecular flexibility index (Phi) is 4.96. The van der Waals surface area contributed by atoms with E-state index in [0.29, 0.717) is 12.3 Å². The quantitative estimate of drug-likeness (QED) is 0.876. The van der Waals surface area contributed by atoms with Gasteiger partial charge in [-0.3, -0.25) is 4.79 Å². The zero-order valence-corrected chi connectivity index (χ0v) is 11.9. The fourth-order valence-corrected chi connectivity index (χ4v) is 1.88. The highest BCUT2D eigenvalue weighted by Gasteiger charge is 2.24. The van der Waals surface area contributed by atoms with Gasteiger partial charge in [0.25, 0.3) is 5.91 Å². The van der Waals surface area contributed by atoms with E-state index >= 15 is 0 Å². The third-order valence-corrected chi connectivity index (χ3v) is 2.86. The summed E-state index contributed by atoms with van der Waals surface area (Å²) in [6.07, 6.45) is 0.226. The summed E-state index contributed by atoms with van der Waals surface area (Å²) in [5, 5.41) is 9.46. The van der Waals surface area contributed by atoms with Crippen molar-refractivity contribution in [1.29, 1.82) is 0 Å². The molecule has 1 N–H and O–H groups in total. The van der Waals surface area contributed by atoms with Crippen LogP contribution in [0.3, 0.4) is 0 Å². The predicted molar refractivity (Wildman–Crippen MR) is 70.7 cm³/mol. The van der Waals surface area contributed by atoms with Crippen molar-refractivity contribution >= 4 is 5.91 Å². The third kappa shape index (κ3) is 3.35. The first-order valence-corrected chi connectivity index (χ1v) is 6.45. The second-order valence-electron chi connectivity index (χ2n) is 4.98. The lowest BCUT2D eigenvalue weighted by Gasteiger charge is -2.27. The maximum atomic E-state index is 12.4. The topological polar surface area (TPSA) is 53.7 Å². The number of carbonyl (C=O) groups excluding carboxylic acids is 1. The molecule has 0 aliphatic heterocycles. The summed E-state index contributed by atoms with van der Waals surface area (Å²) in [7, 11) is 0. The molecule has 0 aromatic carbocycles. The predicted octanol–water partition coefficient (Wildman–Crippen LogP) is 2.38. The summed E-state index contributed by atoms with van der Waals surface area (Å²) in [6, 6.07) is 1.93. The van der Waals surface area contributed by atoms with Crippen LogP contribution in [-0.4, -0.2) is 34.6 Å². The zero-order valence-electron chi connectivity index (χ0n) is 11.9. The van der Waals surface area contributed by atoms with Gasteiger partial charge >= 0.3 is 0 Å². The van der Waals surface area contributed by atoms with E-state index in [1.54, 1.807) is 11.8 Å². The third-order valence-electron chi connectivity index (χ3n) is 2.86. The monoisotopic (exact) mass is 253 g/mol. The van der Waals surface area contributed by atoms with E-state index in [-0.39, 0.29) is 11.9 Å². The zero-order chi connectivity index (χ0) is 13.9. The van der Waals surface area contributed by atoms with Crippen molar-refractivity contribution in [2.45, 2.75) is 53.2 Å². The van der Waals surface area contributed by atoms with Crippen LogP contribution in [0.1, 0.15) is 49.6 Å². The molecule has 0 aliphatic carbocycles. The van der Waals surface area contributed by atoms with Crippen molar-refractivity contribution in [2.24, 2.45) is 0 Å². The number of furan rings is 1. The van der Waals surface area contributed by atoms with E-state index in [0.717, 1.165) is 17.7 Å². The SMILES string of the molecule is CCc1cc(C)c(C(=O)N(CC(C)O)C(C)C)o1. The minimum atomic E-state index is -0.544. The average Bonchev–Trinajstić information content (AvgIpc) is 2.66. The number of aryl methyl sites for hydroxylation is 2. The van der Waals surface area contributed by atoms with Gasteiger partial charge in [-0.25, -0.2) is 0 Å². The van der Waals surface area contributed by atoms with Crippen LogP contribution in [-0.2, 0) is 6.42 Å². The van der Waals surface area contributed by atoms with Crippen LogP contribution in [0.25, 0.3) is 0 Å². The Morgan fingerprint density at radius 2 is 2.06 bits per heavy atom. The minimum Gasteiger partial charge on any atom is -0.456 e. The molecule has 4 nitrogen and oxygen atoms in total. The van der Waals surface area contributed by atoms with E-state index < -0.39 is 6.10 Å². The lowest BCUT2D eigenvalue weighted by atomic mass is 10.2. The number of nitrogens with zero attached hydrogens (tertiary/aromatic N) is 1. The van der Waals surface area contributed by atoms with Crippen molar-refractivity contribution in [1.82, 2.24) is 4.90 Å². The van der Waals surface area contributed by atoms with Crippen LogP contribution in [0, 0.1) is 6.92 Å². The Labute approximate surface area is 109 Å². The molecule has 0 radical (unpaired) electrons. The van der Waals surface area contributed by atoms with Gasteiger partial charge in [0.05, 0.1) is 6.10 Å². The van der Waals surface area contributed by atoms with Crippen molar-refractivity contribution in [3.63, 3.8) is 0 Å². The summed E-state index contributed by atoms with van der Waals surface area (Å²) >= 11 is 0. The first kappa shape index (κ1) is 14.8. The van der Waals surface area contributed by atoms with Crippen molar-refractivity contribution in [2.75, 3.05) is 6.54 Å². The van der Waals surface area contributed by atoms with Crippen molar-refractivity contribution < 1.29 is 14.3 Å². The molecule has 0 saturated carbocycles. The van der Waals surface area contributed by atoms with E-state index in [1.165, 1.54) is 0 Å². The summed E-state index contributed by atoms with van der Waals surface area (Å²) in [5.74, 6) is 1.06. The number of aliphatic hydroxyl groups excluding tert-OH is 1. The summed E-state index contributed by atoms with van der Waals surface area (Å²) in [6.45, 7) is 9.71. The van der Waals surface area contributed by atoms with Gasteiger partial charge in [0.2, 0.25) is 0 Å². The molecule has 1 heterocycles. The molecule has 0 bridgehead atoms. The van der Waals surface area contributed by atoms with E-state index in [9.17, 15) is 9.90 Å². The molecule has 1 aromatic rings. The van der Waals surface area contributed by atoms with Crippen LogP contribution < -0.4 is 0 Å². The molecule has 1 rings (SSSR count). The number of rotatable bonds is 5. The smallest absolute Gasteiger partial charge is 0.290 e. The Balaban J connectivity index is 2.97. The second kappa shape index (κ2) is 6.05. The van der Waals surface area contributed by atoms with Gasteiger partial charge in [-0.1, -0.05) is 6.92 Å². The van der Waals surface area contributed by atoms with Crippen LogP contribution in [0.2, 0.25) is 0 Å². The van der Waals surface area contributed by atoms with Gasteiger partial charge in [-0.2, -0.15) is 0 Å². The Morgan fingerprint density at radius 3 is 2.44 bits per heavy atom. The minimum absolute atomic E-state index is 0.0293.